The molecule has 1 aromatic heterocycles. The van der Waals surface area contributed by atoms with Crippen LogP contribution in [-0.2, 0) is 17.7 Å². The van der Waals surface area contributed by atoms with Crippen molar-refractivity contribution < 1.29 is 9.53 Å². The fourth-order valence-corrected chi connectivity index (χ4v) is 4.58. The Bertz CT molecular complexity index is 717. The number of hydrogen-bond donors (Lipinski definition) is 0. The fraction of sp³-hybridized carbons (Fsp3) is 0.471. The summed E-state index contributed by atoms with van der Waals surface area (Å²) < 4.78 is 7.91. The lowest BCUT2D eigenvalue weighted by molar-refractivity contribution is 0.0238. The molecule has 0 radical (unpaired) electrons. The molecule has 2 aromatic rings. The highest BCUT2D eigenvalue weighted by Gasteiger charge is 2.26. The Labute approximate surface area is 143 Å². The number of ether oxygens (including phenoxy) is 1. The van der Waals surface area contributed by atoms with Gasteiger partial charge in [0, 0.05) is 20.6 Å². The van der Waals surface area contributed by atoms with Gasteiger partial charge < -0.3 is 9.64 Å². The number of hydrogen-bond acceptors (Lipinski definition) is 3. The van der Waals surface area contributed by atoms with Crippen molar-refractivity contribution in [2.24, 2.45) is 0 Å². The Morgan fingerprint density at radius 1 is 1.36 bits per heavy atom. The topological polar surface area (TPSA) is 29.5 Å². The van der Waals surface area contributed by atoms with E-state index < -0.39 is 5.60 Å². The molecule has 1 amide bonds. The minimum atomic E-state index is -0.447. The van der Waals surface area contributed by atoms with Crippen molar-refractivity contribution in [1.29, 1.82) is 0 Å². The summed E-state index contributed by atoms with van der Waals surface area (Å²) in [6.45, 7) is 7.14. The van der Waals surface area contributed by atoms with Crippen molar-refractivity contribution in [1.82, 2.24) is 4.90 Å². The number of nitrogens with zero attached hydrogens (tertiary/aromatic N) is 1. The van der Waals surface area contributed by atoms with E-state index in [2.05, 4.69) is 34.1 Å². The number of halogens is 1. The van der Waals surface area contributed by atoms with Gasteiger partial charge in [-0.15, -0.1) is 11.3 Å². The summed E-state index contributed by atoms with van der Waals surface area (Å²) in [6.07, 6.45) is 1.80. The number of fused-ring (bicyclic) bond motifs is 3. The Kier molecular flexibility index (Phi) is 4.21. The van der Waals surface area contributed by atoms with Crippen molar-refractivity contribution >= 4 is 43.4 Å². The van der Waals surface area contributed by atoms with Crippen LogP contribution in [0.2, 0.25) is 0 Å². The molecular formula is C17H20BrNO2S. The van der Waals surface area contributed by atoms with E-state index in [0.29, 0.717) is 6.54 Å². The first-order valence-electron chi connectivity index (χ1n) is 7.51. The molecule has 0 atom stereocenters. The van der Waals surface area contributed by atoms with Crippen molar-refractivity contribution in [2.75, 3.05) is 6.54 Å². The van der Waals surface area contributed by atoms with Crippen LogP contribution in [0.5, 0.6) is 0 Å². The van der Waals surface area contributed by atoms with Gasteiger partial charge in [-0.3, -0.25) is 0 Å². The largest absolute Gasteiger partial charge is 0.444 e. The molecule has 0 saturated carbocycles. The molecule has 5 heteroatoms. The highest BCUT2D eigenvalue weighted by molar-refractivity contribution is 9.10. The monoisotopic (exact) mass is 381 g/mol. The third-order valence-electron chi connectivity index (χ3n) is 3.68. The van der Waals surface area contributed by atoms with E-state index in [1.54, 1.807) is 11.3 Å². The van der Waals surface area contributed by atoms with Gasteiger partial charge in [-0.2, -0.15) is 0 Å². The predicted octanol–water partition coefficient (Wildman–Crippen LogP) is 5.35. The quantitative estimate of drug-likeness (QED) is 0.615. The smallest absolute Gasteiger partial charge is 0.410 e. The maximum Gasteiger partial charge on any atom is 0.410 e. The first kappa shape index (κ1) is 15.8. The maximum absolute atomic E-state index is 12.3. The lowest BCUT2D eigenvalue weighted by atomic mass is 10.1. The van der Waals surface area contributed by atoms with Crippen LogP contribution in [0, 0.1) is 0 Å². The van der Waals surface area contributed by atoms with Crippen LogP contribution in [0.15, 0.2) is 22.7 Å². The van der Waals surface area contributed by atoms with E-state index in [4.69, 9.17) is 4.74 Å². The van der Waals surface area contributed by atoms with Crippen molar-refractivity contribution in [2.45, 2.75) is 45.8 Å². The Hall–Kier alpha value is -1.07. The number of aryl methyl sites for hydroxylation is 1. The summed E-state index contributed by atoms with van der Waals surface area (Å²) in [5.74, 6) is 0. The average molecular weight is 382 g/mol. The highest BCUT2D eigenvalue weighted by Crippen LogP contribution is 2.36. The molecule has 0 fully saturated rings. The van der Waals surface area contributed by atoms with Gasteiger partial charge in [0.05, 0.1) is 6.54 Å². The van der Waals surface area contributed by atoms with Crippen LogP contribution in [-0.4, -0.2) is 23.1 Å². The Morgan fingerprint density at radius 2 is 2.14 bits per heavy atom. The standard InChI is InChI=1S/C17H20BrNO2S/c1-17(2,3)21-16(20)19-8-4-5-12-13-7-6-11(18)9-14(13)22-15(12)10-19/h6-7,9H,4-5,8,10H2,1-3H3. The molecule has 1 aliphatic rings. The lowest BCUT2D eigenvalue weighted by Crippen LogP contribution is -2.36. The molecule has 22 heavy (non-hydrogen) atoms. The third kappa shape index (κ3) is 3.30. The Balaban J connectivity index is 1.89. The zero-order valence-corrected chi connectivity index (χ0v) is 15.5. The second kappa shape index (κ2) is 5.85. The van der Waals surface area contributed by atoms with Gasteiger partial charge in [-0.25, -0.2) is 4.79 Å². The molecule has 0 aliphatic carbocycles. The molecule has 0 unspecified atom stereocenters. The zero-order valence-electron chi connectivity index (χ0n) is 13.1. The minimum absolute atomic E-state index is 0.209. The van der Waals surface area contributed by atoms with E-state index in [9.17, 15) is 4.79 Å². The van der Waals surface area contributed by atoms with Gasteiger partial charge in [0.1, 0.15) is 5.60 Å². The van der Waals surface area contributed by atoms with Gasteiger partial charge in [0.15, 0.2) is 0 Å². The number of carbonyl (C=O) groups excluding carboxylic acids is 1. The first-order chi connectivity index (χ1) is 10.3. The predicted molar refractivity (Wildman–Crippen MR) is 94.5 cm³/mol. The third-order valence-corrected chi connectivity index (χ3v) is 5.35. The molecule has 3 nitrogen and oxygen atoms in total. The van der Waals surface area contributed by atoms with Gasteiger partial charge in [0.25, 0.3) is 0 Å². The number of rotatable bonds is 0. The van der Waals surface area contributed by atoms with Crippen LogP contribution in [0.4, 0.5) is 4.79 Å². The number of amides is 1. The van der Waals surface area contributed by atoms with E-state index >= 15 is 0 Å². The number of thiophene rings is 1. The van der Waals surface area contributed by atoms with Crippen molar-refractivity contribution in [3.8, 4) is 0 Å². The van der Waals surface area contributed by atoms with Crippen LogP contribution >= 0.6 is 27.3 Å². The normalized spacial score (nSPS) is 15.5. The second-order valence-corrected chi connectivity index (χ2v) is 8.70. The van der Waals surface area contributed by atoms with Gasteiger partial charge >= 0.3 is 6.09 Å². The zero-order chi connectivity index (χ0) is 15.9. The van der Waals surface area contributed by atoms with E-state index in [1.807, 2.05) is 25.7 Å². The summed E-state index contributed by atoms with van der Waals surface area (Å²) in [5, 5.41) is 1.33. The highest BCUT2D eigenvalue weighted by atomic mass is 79.9. The van der Waals surface area contributed by atoms with E-state index in [0.717, 1.165) is 23.9 Å². The van der Waals surface area contributed by atoms with Gasteiger partial charge in [0.2, 0.25) is 0 Å². The minimum Gasteiger partial charge on any atom is -0.444 e. The fourth-order valence-electron chi connectivity index (χ4n) is 2.76. The molecular weight excluding hydrogens is 362 g/mol. The number of benzene rings is 1. The molecule has 1 aromatic carbocycles. The van der Waals surface area contributed by atoms with Crippen molar-refractivity contribution in [3.63, 3.8) is 0 Å². The lowest BCUT2D eigenvalue weighted by Gasteiger charge is -2.26. The van der Waals surface area contributed by atoms with E-state index in [1.165, 1.54) is 20.5 Å². The van der Waals surface area contributed by atoms with Gasteiger partial charge in [-0.1, -0.05) is 22.0 Å². The summed E-state index contributed by atoms with van der Waals surface area (Å²) in [6, 6.07) is 6.43. The molecule has 118 valence electrons. The molecule has 2 heterocycles. The van der Waals surface area contributed by atoms with E-state index in [-0.39, 0.29) is 6.09 Å². The SMILES string of the molecule is CC(C)(C)OC(=O)N1CCCc2c(sc3cc(Br)ccc23)C1. The first-order valence-corrected chi connectivity index (χ1v) is 9.12. The number of carbonyl (C=O) groups is 1. The van der Waals surface area contributed by atoms with Crippen LogP contribution in [0.3, 0.4) is 0 Å². The summed E-state index contributed by atoms with van der Waals surface area (Å²) in [4.78, 5) is 15.5. The molecule has 0 N–H and O–H groups in total. The summed E-state index contributed by atoms with van der Waals surface area (Å²) in [7, 11) is 0. The van der Waals surface area contributed by atoms with Crippen LogP contribution < -0.4 is 0 Å². The van der Waals surface area contributed by atoms with Crippen molar-refractivity contribution in [3.05, 3.63) is 33.1 Å². The molecule has 3 rings (SSSR count). The second-order valence-electron chi connectivity index (χ2n) is 6.65. The van der Waals surface area contributed by atoms with Crippen LogP contribution in [0.25, 0.3) is 10.1 Å². The summed E-state index contributed by atoms with van der Waals surface area (Å²) >= 11 is 5.32. The molecule has 0 spiro atoms. The van der Waals surface area contributed by atoms with Gasteiger partial charge in [-0.05, 0) is 56.7 Å². The maximum atomic E-state index is 12.3. The molecule has 1 aliphatic heterocycles. The summed E-state index contributed by atoms with van der Waals surface area (Å²) in [5.41, 5.74) is 0.954. The Morgan fingerprint density at radius 3 is 2.86 bits per heavy atom. The molecule has 0 saturated heterocycles. The molecule has 0 bridgehead atoms. The van der Waals surface area contributed by atoms with Crippen LogP contribution in [0.1, 0.15) is 37.6 Å². The average Bonchev–Trinajstić information content (AvgIpc) is 2.60.